The minimum Gasteiger partial charge on any atom is -0.376 e. The van der Waals surface area contributed by atoms with Crippen LogP contribution in [-0.2, 0) is 9.53 Å². The molecule has 3 aliphatic rings. The summed E-state index contributed by atoms with van der Waals surface area (Å²) in [5.74, 6) is 0.808. The second kappa shape index (κ2) is 6.63. The minimum absolute atomic E-state index is 0. The highest BCUT2D eigenvalue weighted by Crippen LogP contribution is 2.44. The molecule has 0 aromatic carbocycles. The Kier molecular flexibility index (Phi) is 5.32. The molecule has 4 nitrogen and oxygen atoms in total. The van der Waals surface area contributed by atoms with Crippen molar-refractivity contribution < 1.29 is 9.53 Å². The largest absolute Gasteiger partial charge is 0.376 e. The van der Waals surface area contributed by atoms with Crippen LogP contribution in [0.25, 0.3) is 0 Å². The van der Waals surface area contributed by atoms with Crippen molar-refractivity contribution in [1.29, 1.82) is 0 Å². The molecule has 0 radical (unpaired) electrons. The van der Waals surface area contributed by atoms with Gasteiger partial charge in [-0.25, -0.2) is 0 Å². The molecule has 5 heteroatoms. The summed E-state index contributed by atoms with van der Waals surface area (Å²) in [4.78, 5) is 12.8. The maximum atomic E-state index is 12.8. The summed E-state index contributed by atoms with van der Waals surface area (Å²) >= 11 is 0. The number of nitrogens with one attached hydrogen (secondary N) is 2. The molecule has 2 saturated heterocycles. The van der Waals surface area contributed by atoms with Gasteiger partial charge in [0.05, 0.1) is 17.6 Å². The van der Waals surface area contributed by atoms with Crippen LogP contribution >= 0.6 is 12.4 Å². The van der Waals surface area contributed by atoms with E-state index in [4.69, 9.17) is 4.74 Å². The highest BCUT2D eigenvalue weighted by molar-refractivity contribution is 5.85. The first kappa shape index (κ1) is 16.1. The fourth-order valence-electron chi connectivity index (χ4n) is 4.13. The third-order valence-electron chi connectivity index (χ3n) is 5.37. The van der Waals surface area contributed by atoms with Crippen LogP contribution in [0.2, 0.25) is 0 Å². The van der Waals surface area contributed by atoms with Gasteiger partial charge in [0.1, 0.15) is 0 Å². The van der Waals surface area contributed by atoms with Crippen molar-refractivity contribution in [2.24, 2.45) is 11.3 Å². The maximum absolute atomic E-state index is 12.8. The van der Waals surface area contributed by atoms with Gasteiger partial charge in [-0.2, -0.15) is 0 Å². The van der Waals surface area contributed by atoms with Crippen LogP contribution in [0, 0.1) is 11.3 Å². The fraction of sp³-hybridized carbons (Fsp3) is 0.933. The summed E-state index contributed by atoms with van der Waals surface area (Å²) in [6.07, 6.45) is 7.15. The number of carbonyl (C=O) groups is 1. The lowest BCUT2D eigenvalue weighted by atomic mass is 9.67. The molecule has 2 heterocycles. The average molecular weight is 303 g/mol. The monoisotopic (exact) mass is 302 g/mol. The Bertz CT molecular complexity index is 347. The van der Waals surface area contributed by atoms with Crippen molar-refractivity contribution in [2.75, 3.05) is 19.7 Å². The van der Waals surface area contributed by atoms with Gasteiger partial charge in [0, 0.05) is 13.2 Å². The maximum Gasteiger partial charge on any atom is 0.228 e. The molecular weight excluding hydrogens is 276 g/mol. The van der Waals surface area contributed by atoms with E-state index in [0.717, 1.165) is 39.0 Å². The number of fused-ring (bicyclic) bond motifs is 1. The van der Waals surface area contributed by atoms with Crippen LogP contribution in [-0.4, -0.2) is 37.7 Å². The van der Waals surface area contributed by atoms with Crippen LogP contribution in [0.15, 0.2) is 0 Å². The lowest BCUT2D eigenvalue weighted by molar-refractivity contribution is -0.135. The van der Waals surface area contributed by atoms with Crippen molar-refractivity contribution >= 4 is 18.3 Å². The van der Waals surface area contributed by atoms with Crippen LogP contribution in [0.5, 0.6) is 0 Å². The molecule has 2 N–H and O–H groups in total. The fourth-order valence-corrected chi connectivity index (χ4v) is 4.13. The van der Waals surface area contributed by atoms with E-state index in [1.54, 1.807) is 0 Å². The molecule has 0 aromatic heterocycles. The zero-order valence-corrected chi connectivity index (χ0v) is 13.1. The third kappa shape index (κ3) is 2.83. The molecule has 116 valence electrons. The summed E-state index contributed by atoms with van der Waals surface area (Å²) in [5.41, 5.74) is -0.134. The predicted octanol–water partition coefficient (Wildman–Crippen LogP) is 1.87. The van der Waals surface area contributed by atoms with E-state index in [1.807, 2.05) is 0 Å². The molecule has 2 aliphatic heterocycles. The normalized spacial score (nSPS) is 37.9. The van der Waals surface area contributed by atoms with Gasteiger partial charge < -0.3 is 15.4 Å². The molecule has 3 fully saturated rings. The smallest absolute Gasteiger partial charge is 0.228 e. The van der Waals surface area contributed by atoms with Crippen molar-refractivity contribution in [3.63, 3.8) is 0 Å². The van der Waals surface area contributed by atoms with E-state index in [-0.39, 0.29) is 35.9 Å². The molecule has 4 atom stereocenters. The number of ether oxygens (including phenoxy) is 1. The van der Waals surface area contributed by atoms with Crippen molar-refractivity contribution in [3.8, 4) is 0 Å². The van der Waals surface area contributed by atoms with Gasteiger partial charge >= 0.3 is 0 Å². The van der Waals surface area contributed by atoms with E-state index >= 15 is 0 Å². The third-order valence-corrected chi connectivity index (χ3v) is 5.37. The minimum atomic E-state index is -0.134. The predicted molar refractivity (Wildman–Crippen MR) is 81.1 cm³/mol. The van der Waals surface area contributed by atoms with Crippen LogP contribution < -0.4 is 10.6 Å². The quantitative estimate of drug-likeness (QED) is 0.837. The lowest BCUT2D eigenvalue weighted by Gasteiger charge is -2.38. The number of hydrogen-bond acceptors (Lipinski definition) is 3. The van der Waals surface area contributed by atoms with E-state index in [9.17, 15) is 4.79 Å². The number of hydrogen-bond donors (Lipinski definition) is 2. The van der Waals surface area contributed by atoms with E-state index < -0.39 is 0 Å². The summed E-state index contributed by atoms with van der Waals surface area (Å²) in [6, 6.07) is 0.146. The Morgan fingerprint density at radius 1 is 1.35 bits per heavy atom. The van der Waals surface area contributed by atoms with Crippen molar-refractivity contribution in [2.45, 2.75) is 57.6 Å². The van der Waals surface area contributed by atoms with Gasteiger partial charge in [-0.1, -0.05) is 12.8 Å². The molecule has 3 rings (SSSR count). The second-order valence-electron chi connectivity index (χ2n) is 6.54. The Morgan fingerprint density at radius 2 is 2.20 bits per heavy atom. The standard InChI is InChI=1S/C15H26N2O2.ClH/c1-11(13-6-4-8-19-13)17-14(18)15-7-3-2-5-12(15)9-16-10-15;/h11-13,16H,2-10H2,1H3,(H,17,18);1H/t11?,12-,13?,15+;/m0./s1. The molecule has 1 saturated carbocycles. The van der Waals surface area contributed by atoms with Crippen molar-refractivity contribution in [3.05, 3.63) is 0 Å². The zero-order chi connectivity index (χ0) is 13.3. The zero-order valence-electron chi connectivity index (χ0n) is 12.3. The first-order chi connectivity index (χ1) is 9.22. The highest BCUT2D eigenvalue weighted by Gasteiger charge is 2.50. The molecular formula is C15H27ClN2O2. The number of rotatable bonds is 3. The van der Waals surface area contributed by atoms with Crippen LogP contribution in [0.1, 0.15) is 45.4 Å². The second-order valence-corrected chi connectivity index (χ2v) is 6.54. The SMILES string of the molecule is CC(NC(=O)[C@@]12CCCC[C@H]1CNC2)C1CCCO1.Cl. The first-order valence-electron chi connectivity index (χ1n) is 7.86. The number of carbonyl (C=O) groups excluding carboxylic acids is 1. The summed E-state index contributed by atoms with van der Waals surface area (Å²) < 4.78 is 5.68. The van der Waals surface area contributed by atoms with Crippen LogP contribution in [0.4, 0.5) is 0 Å². The molecule has 0 aromatic rings. The van der Waals surface area contributed by atoms with Gasteiger partial charge in [-0.15, -0.1) is 12.4 Å². The Hall–Kier alpha value is -0.320. The van der Waals surface area contributed by atoms with Gasteiger partial charge in [0.2, 0.25) is 5.91 Å². The molecule has 1 aliphatic carbocycles. The van der Waals surface area contributed by atoms with E-state index in [0.29, 0.717) is 5.92 Å². The Labute approximate surface area is 127 Å². The first-order valence-corrected chi connectivity index (χ1v) is 7.86. The van der Waals surface area contributed by atoms with E-state index in [1.165, 1.54) is 19.3 Å². The molecule has 20 heavy (non-hydrogen) atoms. The lowest BCUT2D eigenvalue weighted by Crippen LogP contribution is -2.52. The topological polar surface area (TPSA) is 50.4 Å². The molecule has 0 spiro atoms. The summed E-state index contributed by atoms with van der Waals surface area (Å²) in [5, 5.41) is 6.69. The molecule has 2 unspecified atom stereocenters. The van der Waals surface area contributed by atoms with Gasteiger partial charge in [0.25, 0.3) is 0 Å². The summed E-state index contributed by atoms with van der Waals surface area (Å²) in [6.45, 7) is 4.81. The van der Waals surface area contributed by atoms with Gasteiger partial charge in [0.15, 0.2) is 0 Å². The van der Waals surface area contributed by atoms with Gasteiger partial charge in [-0.3, -0.25) is 4.79 Å². The number of amides is 1. The average Bonchev–Trinajstić information content (AvgIpc) is 3.08. The number of halogens is 1. The highest BCUT2D eigenvalue weighted by atomic mass is 35.5. The molecule has 1 amide bonds. The van der Waals surface area contributed by atoms with Crippen molar-refractivity contribution in [1.82, 2.24) is 10.6 Å². The Morgan fingerprint density at radius 3 is 2.95 bits per heavy atom. The van der Waals surface area contributed by atoms with E-state index in [2.05, 4.69) is 17.6 Å². The van der Waals surface area contributed by atoms with Gasteiger partial charge in [-0.05, 0) is 45.1 Å². The molecule has 0 bridgehead atoms. The summed E-state index contributed by atoms with van der Waals surface area (Å²) in [7, 11) is 0. The Balaban J connectivity index is 0.00000147. The van der Waals surface area contributed by atoms with Crippen LogP contribution in [0.3, 0.4) is 0 Å².